The van der Waals surface area contributed by atoms with Crippen LogP contribution >= 0.6 is 0 Å². The number of anilines is 1. The van der Waals surface area contributed by atoms with Crippen LogP contribution in [0.4, 0.5) is 19.3 Å². The van der Waals surface area contributed by atoms with Crippen LogP contribution in [0, 0.1) is 25.5 Å². The number of carbonyl (C=O) groups excluding carboxylic acids is 4. The Morgan fingerprint density at radius 2 is 1.58 bits per heavy atom. The average Bonchev–Trinajstić information content (AvgIpc) is 4.06. The van der Waals surface area contributed by atoms with Crippen molar-refractivity contribution in [3.63, 3.8) is 0 Å². The summed E-state index contributed by atoms with van der Waals surface area (Å²) >= 11 is 0. The summed E-state index contributed by atoms with van der Waals surface area (Å²) in [7, 11) is 1.97. The first-order chi connectivity index (χ1) is 30.9. The van der Waals surface area contributed by atoms with Crippen molar-refractivity contribution in [3.8, 4) is 0 Å². The molecule has 0 bridgehead atoms. The molecule has 346 valence electrons. The highest BCUT2D eigenvalue weighted by Gasteiger charge is 2.41. The third-order valence-electron chi connectivity index (χ3n) is 15.0. The molecule has 0 spiro atoms. The lowest BCUT2D eigenvalue weighted by Crippen LogP contribution is -2.55. The Bertz CT molecular complexity index is 2160. The summed E-state index contributed by atoms with van der Waals surface area (Å²) in [6.07, 6.45) is 8.65. The summed E-state index contributed by atoms with van der Waals surface area (Å²) in [6, 6.07) is 7.48. The third-order valence-corrected chi connectivity index (χ3v) is 15.0. The molecule has 3 saturated heterocycles. The number of ether oxygens (including phenoxy) is 2. The molecule has 8 atom stereocenters. The molecule has 4 unspecified atom stereocenters. The first-order valence-corrected chi connectivity index (χ1v) is 23.6. The van der Waals surface area contributed by atoms with Gasteiger partial charge >= 0.3 is 6.09 Å². The lowest BCUT2D eigenvalue weighted by molar-refractivity contribution is -0.135. The van der Waals surface area contributed by atoms with E-state index in [0.717, 1.165) is 74.8 Å². The summed E-state index contributed by atoms with van der Waals surface area (Å²) in [4.78, 5) is 65.2. The Balaban J connectivity index is 0.692. The molecule has 9 rings (SSSR count). The summed E-state index contributed by atoms with van der Waals surface area (Å²) in [6.45, 7) is 8.15. The first-order valence-electron chi connectivity index (χ1n) is 23.6. The highest BCUT2D eigenvalue weighted by Crippen LogP contribution is 2.33. The highest BCUT2D eigenvalue weighted by atomic mass is 19.1. The van der Waals surface area contributed by atoms with Gasteiger partial charge in [-0.25, -0.2) is 13.6 Å². The number of hydrogen-bond acceptors (Lipinski definition) is 9. The van der Waals surface area contributed by atoms with Gasteiger partial charge in [-0.3, -0.25) is 24.2 Å². The Morgan fingerprint density at radius 1 is 0.859 bits per heavy atom. The van der Waals surface area contributed by atoms with Gasteiger partial charge in [0.25, 0.3) is 5.91 Å². The fraction of sp³-hybridized carbons (Fsp3) is 0.625. The van der Waals surface area contributed by atoms with Crippen molar-refractivity contribution in [3.05, 3.63) is 64.4 Å². The van der Waals surface area contributed by atoms with Gasteiger partial charge in [-0.05, 0) is 108 Å². The topological polar surface area (TPSA) is 152 Å². The smallest absolute Gasteiger partial charge is 0.410 e. The van der Waals surface area contributed by atoms with Crippen LogP contribution in [0.3, 0.4) is 0 Å². The summed E-state index contributed by atoms with van der Waals surface area (Å²) in [5, 5.41) is 10.1. The molecule has 64 heavy (non-hydrogen) atoms. The van der Waals surface area contributed by atoms with E-state index in [1.165, 1.54) is 12.1 Å². The number of benzene rings is 2. The van der Waals surface area contributed by atoms with Crippen molar-refractivity contribution in [1.29, 1.82) is 0 Å². The van der Waals surface area contributed by atoms with Crippen molar-refractivity contribution < 1.29 is 37.4 Å². The number of nitrogens with one attached hydrogen (secondary N) is 4. The summed E-state index contributed by atoms with van der Waals surface area (Å²) in [5.41, 5.74) is 4.10. The van der Waals surface area contributed by atoms with Crippen LogP contribution in [0.2, 0.25) is 0 Å². The zero-order valence-electron chi connectivity index (χ0n) is 37.4. The Hall–Kier alpha value is -4.80. The molecule has 2 saturated carbocycles. The molecule has 5 fully saturated rings. The van der Waals surface area contributed by atoms with Crippen LogP contribution < -0.4 is 16.0 Å². The average molecular weight is 887 g/mol. The van der Waals surface area contributed by atoms with Crippen LogP contribution in [0.15, 0.2) is 30.3 Å². The standard InChI is InChI=1S/C48H64F2N8O6/c1-28-10-12-38(49)36-25-40(53-43(28)36)45(59)51-30-6-4-8-32(22-30)56-17-19-57(20-18-56)48(62)64-34-15-21-63-35(24-34)27-55(3)42-14-16-58(47(42)61)33-9-5-7-31(23-33)52-46(60)41-26-37-39(50)13-11-29(2)44(37)54-41/h10-13,26,30-35,40,42,53-54H,4-9,14-25,27H2,1-3H3,(H,51,59)(H,52,60)/t30-,31-,32-,33+,34?,35?,40?,42?/m1/s1. The van der Waals surface area contributed by atoms with Crippen molar-refractivity contribution in [1.82, 2.24) is 35.2 Å². The number of rotatable bonds is 10. The van der Waals surface area contributed by atoms with Crippen molar-refractivity contribution in [2.45, 2.75) is 139 Å². The molecule has 2 aliphatic carbocycles. The lowest BCUT2D eigenvalue weighted by Gasteiger charge is -2.42. The number of hydrogen-bond donors (Lipinski definition) is 4. The number of H-pyrrole nitrogens is 1. The summed E-state index contributed by atoms with van der Waals surface area (Å²) < 4.78 is 41.1. The predicted octanol–water partition coefficient (Wildman–Crippen LogP) is 5.40. The van der Waals surface area contributed by atoms with Gasteiger partial charge in [-0.2, -0.15) is 0 Å². The molecule has 6 aliphatic rings. The van der Waals surface area contributed by atoms with E-state index in [1.807, 2.05) is 25.8 Å². The van der Waals surface area contributed by atoms with Crippen LogP contribution in [-0.2, 0) is 25.5 Å². The minimum absolute atomic E-state index is 0.0355. The third kappa shape index (κ3) is 9.46. The van der Waals surface area contributed by atoms with Gasteiger partial charge in [0, 0.05) is 99.3 Å². The maximum atomic E-state index is 14.4. The van der Waals surface area contributed by atoms with E-state index in [-0.39, 0.29) is 71.8 Å². The number of piperazine rings is 1. The van der Waals surface area contributed by atoms with E-state index in [4.69, 9.17) is 9.47 Å². The molecule has 0 radical (unpaired) electrons. The van der Waals surface area contributed by atoms with Crippen molar-refractivity contribution in [2.75, 3.05) is 58.2 Å². The second-order valence-electron chi connectivity index (χ2n) is 19.3. The van der Waals surface area contributed by atoms with Crippen LogP contribution in [0.25, 0.3) is 10.9 Å². The van der Waals surface area contributed by atoms with E-state index in [0.29, 0.717) is 93.1 Å². The number of halogens is 2. The molecule has 4 N–H and O–H groups in total. The van der Waals surface area contributed by atoms with E-state index >= 15 is 0 Å². The van der Waals surface area contributed by atoms with E-state index < -0.39 is 6.04 Å². The first kappa shape index (κ1) is 44.4. The Morgan fingerprint density at radius 3 is 2.34 bits per heavy atom. The normalized spacial score (nSPS) is 28.9. The van der Waals surface area contributed by atoms with E-state index in [9.17, 15) is 28.0 Å². The van der Waals surface area contributed by atoms with Gasteiger partial charge in [0.15, 0.2) is 0 Å². The number of fused-ring (bicyclic) bond motifs is 2. The molecule has 14 nitrogen and oxygen atoms in total. The van der Waals surface area contributed by atoms with Crippen molar-refractivity contribution >= 4 is 40.4 Å². The second-order valence-corrected chi connectivity index (χ2v) is 19.3. The molecule has 16 heteroatoms. The molecular formula is C48H64F2N8O6. The number of aromatic nitrogens is 1. The quantitative estimate of drug-likeness (QED) is 0.210. The number of aromatic amines is 1. The zero-order chi connectivity index (χ0) is 44.6. The minimum Gasteiger partial charge on any atom is -0.446 e. The van der Waals surface area contributed by atoms with Crippen LogP contribution in [-0.4, -0.2) is 150 Å². The van der Waals surface area contributed by atoms with Gasteiger partial charge < -0.3 is 40.2 Å². The number of carbonyl (C=O) groups is 4. The largest absolute Gasteiger partial charge is 0.446 e. The van der Waals surface area contributed by atoms with Crippen LogP contribution in [0.1, 0.15) is 97.8 Å². The minimum atomic E-state index is -0.473. The van der Waals surface area contributed by atoms with Gasteiger partial charge in [0.1, 0.15) is 29.5 Å². The van der Waals surface area contributed by atoms with Gasteiger partial charge in [0.05, 0.1) is 24.3 Å². The molecule has 2 aromatic carbocycles. The summed E-state index contributed by atoms with van der Waals surface area (Å²) in [5.74, 6) is -0.877. The molecular weight excluding hydrogens is 823 g/mol. The Labute approximate surface area is 374 Å². The monoisotopic (exact) mass is 886 g/mol. The maximum Gasteiger partial charge on any atom is 0.410 e. The van der Waals surface area contributed by atoms with Gasteiger partial charge in [-0.15, -0.1) is 0 Å². The molecule has 3 aromatic rings. The number of amides is 4. The SMILES string of the molecule is Cc1ccc(F)c2c1NC(C(=O)N[C@@H]1CCC[C@@H](N3CCN(C(=O)OC4CCOC(CN(C)C5CCN([C@H]6CCC[C@@H](NC(=O)c7cc8c(F)ccc(C)c8[nH]7)C6)C5=O)C4)CC3)C1)C2. The predicted molar refractivity (Wildman–Crippen MR) is 238 cm³/mol. The van der Waals surface area contributed by atoms with Crippen molar-refractivity contribution in [2.24, 2.45) is 0 Å². The van der Waals surface area contributed by atoms with E-state index in [2.05, 4.69) is 30.7 Å². The second kappa shape index (κ2) is 19.0. The number of aryl methyl sites for hydroxylation is 2. The maximum absolute atomic E-state index is 14.4. The lowest BCUT2D eigenvalue weighted by atomic mass is 9.89. The molecule has 5 heterocycles. The Kier molecular flexibility index (Phi) is 13.2. The fourth-order valence-electron chi connectivity index (χ4n) is 11.4. The number of likely N-dealkylation sites (N-methyl/N-ethyl adjacent to an activating group) is 1. The zero-order valence-corrected chi connectivity index (χ0v) is 37.4. The highest BCUT2D eigenvalue weighted by molar-refractivity contribution is 5.99. The van der Waals surface area contributed by atoms with Crippen LogP contribution in [0.5, 0.6) is 0 Å². The molecule has 4 aliphatic heterocycles. The van der Waals surface area contributed by atoms with Gasteiger partial charge in [0.2, 0.25) is 11.8 Å². The van der Waals surface area contributed by atoms with E-state index in [1.54, 1.807) is 23.1 Å². The van der Waals surface area contributed by atoms with Gasteiger partial charge in [-0.1, -0.05) is 12.1 Å². The molecule has 4 amide bonds. The number of nitrogens with zero attached hydrogens (tertiary/aromatic N) is 4. The number of likely N-dealkylation sites (tertiary alicyclic amines) is 1. The fourth-order valence-corrected chi connectivity index (χ4v) is 11.4. The molecule has 1 aromatic heterocycles.